The van der Waals surface area contributed by atoms with Crippen molar-refractivity contribution in [2.45, 2.75) is 6.10 Å². The van der Waals surface area contributed by atoms with Crippen molar-refractivity contribution in [2.75, 3.05) is 33.4 Å². The van der Waals surface area contributed by atoms with Gasteiger partial charge in [-0.25, -0.2) is 4.79 Å². The van der Waals surface area contributed by atoms with Gasteiger partial charge in [-0.05, 0) is 0 Å². The van der Waals surface area contributed by atoms with E-state index in [1.807, 2.05) is 0 Å². The van der Waals surface area contributed by atoms with Crippen LogP contribution in [0.15, 0.2) is 0 Å². The number of hydrogen-bond acceptors (Lipinski definition) is 3. The fourth-order valence-electron chi connectivity index (χ4n) is 0.949. The molecule has 0 spiro atoms. The molecule has 2 amide bonds. The van der Waals surface area contributed by atoms with E-state index < -0.39 is 0 Å². The Morgan fingerprint density at radius 1 is 1.58 bits per heavy atom. The summed E-state index contributed by atoms with van der Waals surface area (Å²) < 4.78 is 10.5. The van der Waals surface area contributed by atoms with E-state index >= 15 is 0 Å². The fourth-order valence-corrected chi connectivity index (χ4v) is 0.949. The first-order valence-electron chi connectivity index (χ1n) is 3.98. The molecule has 0 radical (unpaired) electrons. The zero-order valence-corrected chi connectivity index (χ0v) is 7.13. The maximum atomic E-state index is 10.7. The molecule has 5 nitrogen and oxygen atoms in total. The van der Waals surface area contributed by atoms with Crippen molar-refractivity contribution in [3.8, 4) is 0 Å². The molecule has 1 unspecified atom stereocenters. The molecule has 0 saturated carbocycles. The number of nitrogens with one attached hydrogen (secondary N) is 2. The third-order valence-corrected chi connectivity index (χ3v) is 1.60. The average molecular weight is 174 g/mol. The topological polar surface area (TPSA) is 59.6 Å². The third-order valence-electron chi connectivity index (χ3n) is 1.60. The van der Waals surface area contributed by atoms with Gasteiger partial charge >= 0.3 is 6.03 Å². The summed E-state index contributed by atoms with van der Waals surface area (Å²) in [6, 6.07) is -0.191. The van der Waals surface area contributed by atoms with Crippen molar-refractivity contribution >= 4 is 6.03 Å². The standard InChI is InChI=1S/C7H14N2O3/c1-8-7(10)9-4-6-5-11-2-3-12-6/h6H,2-5H2,1H3,(H2,8,9,10). The predicted molar refractivity (Wildman–Crippen MR) is 43.0 cm³/mol. The van der Waals surface area contributed by atoms with Crippen molar-refractivity contribution in [3.05, 3.63) is 0 Å². The smallest absolute Gasteiger partial charge is 0.314 e. The fraction of sp³-hybridized carbons (Fsp3) is 0.857. The number of carbonyl (C=O) groups excluding carboxylic acids is 1. The van der Waals surface area contributed by atoms with Crippen LogP contribution in [0.2, 0.25) is 0 Å². The molecule has 70 valence electrons. The van der Waals surface area contributed by atoms with E-state index in [1.54, 1.807) is 7.05 Å². The molecule has 1 rings (SSSR count). The summed E-state index contributed by atoms with van der Waals surface area (Å²) in [5.41, 5.74) is 0. The average Bonchev–Trinajstić information content (AvgIpc) is 2.16. The van der Waals surface area contributed by atoms with Crippen molar-refractivity contribution in [1.82, 2.24) is 10.6 Å². The predicted octanol–water partition coefficient (Wildman–Crippen LogP) is -0.669. The van der Waals surface area contributed by atoms with Crippen LogP contribution >= 0.6 is 0 Å². The van der Waals surface area contributed by atoms with Gasteiger partial charge in [0.2, 0.25) is 0 Å². The monoisotopic (exact) mass is 174 g/mol. The highest BCUT2D eigenvalue weighted by Gasteiger charge is 2.14. The van der Waals surface area contributed by atoms with Crippen LogP contribution in [0, 0.1) is 0 Å². The highest BCUT2D eigenvalue weighted by atomic mass is 16.6. The second kappa shape index (κ2) is 4.95. The Kier molecular flexibility index (Phi) is 3.83. The molecule has 0 bridgehead atoms. The Bertz CT molecular complexity index is 146. The molecule has 5 heteroatoms. The Balaban J connectivity index is 2.09. The van der Waals surface area contributed by atoms with Crippen molar-refractivity contribution in [2.24, 2.45) is 0 Å². The summed E-state index contributed by atoms with van der Waals surface area (Å²) in [6.45, 7) is 2.32. The van der Waals surface area contributed by atoms with Gasteiger partial charge in [0.1, 0.15) is 0 Å². The number of hydrogen-bond donors (Lipinski definition) is 2. The van der Waals surface area contributed by atoms with Crippen molar-refractivity contribution < 1.29 is 14.3 Å². The van der Waals surface area contributed by atoms with Gasteiger partial charge in [0.15, 0.2) is 0 Å². The third kappa shape index (κ3) is 3.06. The molecule has 2 N–H and O–H groups in total. The molecule has 0 aromatic carbocycles. The highest BCUT2D eigenvalue weighted by molar-refractivity contribution is 5.73. The molecular weight excluding hydrogens is 160 g/mol. The van der Waals surface area contributed by atoms with Gasteiger partial charge in [-0.15, -0.1) is 0 Å². The number of ether oxygens (including phenoxy) is 2. The van der Waals surface area contributed by atoms with E-state index in [9.17, 15) is 4.79 Å². The molecule has 1 aliphatic heterocycles. The van der Waals surface area contributed by atoms with Gasteiger partial charge in [0.05, 0.1) is 25.9 Å². The number of urea groups is 1. The quantitative estimate of drug-likeness (QED) is 0.583. The summed E-state index contributed by atoms with van der Waals surface area (Å²) in [4.78, 5) is 10.7. The summed E-state index contributed by atoms with van der Waals surface area (Å²) >= 11 is 0. The van der Waals surface area contributed by atoms with E-state index in [0.29, 0.717) is 26.4 Å². The van der Waals surface area contributed by atoms with Crippen LogP contribution in [0.4, 0.5) is 4.79 Å². The molecule has 1 fully saturated rings. The summed E-state index contributed by atoms with van der Waals surface area (Å²) in [5.74, 6) is 0. The highest BCUT2D eigenvalue weighted by Crippen LogP contribution is 1.98. The van der Waals surface area contributed by atoms with E-state index in [0.717, 1.165) is 0 Å². The summed E-state index contributed by atoms with van der Waals surface area (Å²) in [5, 5.41) is 5.11. The second-order valence-corrected chi connectivity index (χ2v) is 2.53. The minimum atomic E-state index is -0.191. The lowest BCUT2D eigenvalue weighted by Gasteiger charge is -2.22. The summed E-state index contributed by atoms with van der Waals surface area (Å²) in [6.07, 6.45) is -0.00366. The van der Waals surface area contributed by atoms with Gasteiger partial charge < -0.3 is 20.1 Å². The lowest BCUT2D eigenvalue weighted by atomic mass is 10.3. The minimum absolute atomic E-state index is 0.00366. The van der Waals surface area contributed by atoms with Crippen LogP contribution in [0.5, 0.6) is 0 Å². The van der Waals surface area contributed by atoms with Gasteiger partial charge in [-0.1, -0.05) is 0 Å². The molecule has 1 aliphatic rings. The lowest BCUT2D eigenvalue weighted by molar-refractivity contribution is -0.0853. The van der Waals surface area contributed by atoms with Gasteiger partial charge in [-0.2, -0.15) is 0 Å². The van der Waals surface area contributed by atoms with Crippen molar-refractivity contribution in [1.29, 1.82) is 0 Å². The van der Waals surface area contributed by atoms with Crippen LogP contribution in [-0.4, -0.2) is 45.5 Å². The Morgan fingerprint density at radius 3 is 3.00 bits per heavy atom. The van der Waals surface area contributed by atoms with Crippen LogP contribution in [0.1, 0.15) is 0 Å². The van der Waals surface area contributed by atoms with E-state index in [2.05, 4.69) is 10.6 Å². The van der Waals surface area contributed by atoms with E-state index in [-0.39, 0.29) is 12.1 Å². The molecule has 1 heterocycles. The molecular formula is C7H14N2O3. The largest absolute Gasteiger partial charge is 0.376 e. The van der Waals surface area contributed by atoms with Crippen LogP contribution in [0.25, 0.3) is 0 Å². The first kappa shape index (κ1) is 9.28. The van der Waals surface area contributed by atoms with E-state index in [1.165, 1.54) is 0 Å². The van der Waals surface area contributed by atoms with E-state index in [4.69, 9.17) is 9.47 Å². The number of amides is 2. The number of carbonyl (C=O) groups is 1. The lowest BCUT2D eigenvalue weighted by Crippen LogP contribution is -2.42. The molecule has 12 heavy (non-hydrogen) atoms. The molecule has 0 aliphatic carbocycles. The molecule has 1 saturated heterocycles. The molecule has 1 atom stereocenters. The van der Waals surface area contributed by atoms with Crippen LogP contribution in [-0.2, 0) is 9.47 Å². The zero-order valence-electron chi connectivity index (χ0n) is 7.13. The Labute approximate surface area is 71.4 Å². The first-order chi connectivity index (χ1) is 5.83. The molecule has 0 aromatic heterocycles. The second-order valence-electron chi connectivity index (χ2n) is 2.53. The maximum absolute atomic E-state index is 10.7. The SMILES string of the molecule is CNC(=O)NCC1COCCO1. The first-order valence-corrected chi connectivity index (χ1v) is 3.98. The van der Waals surface area contributed by atoms with Gasteiger partial charge in [0.25, 0.3) is 0 Å². The molecule has 0 aromatic rings. The summed E-state index contributed by atoms with van der Waals surface area (Å²) in [7, 11) is 1.58. The van der Waals surface area contributed by atoms with Gasteiger partial charge in [-0.3, -0.25) is 0 Å². The number of rotatable bonds is 2. The van der Waals surface area contributed by atoms with Crippen LogP contribution in [0.3, 0.4) is 0 Å². The van der Waals surface area contributed by atoms with Crippen LogP contribution < -0.4 is 10.6 Å². The Hall–Kier alpha value is -0.810. The zero-order chi connectivity index (χ0) is 8.81. The normalized spacial score (nSPS) is 23.2. The van der Waals surface area contributed by atoms with Gasteiger partial charge in [0, 0.05) is 13.6 Å². The maximum Gasteiger partial charge on any atom is 0.314 e. The Morgan fingerprint density at radius 2 is 2.42 bits per heavy atom. The minimum Gasteiger partial charge on any atom is -0.376 e. The van der Waals surface area contributed by atoms with Crippen molar-refractivity contribution in [3.63, 3.8) is 0 Å².